The molecule has 0 radical (unpaired) electrons. The molecule has 1 heterocycles. The molecule has 26 heavy (non-hydrogen) atoms. The van der Waals surface area contributed by atoms with Gasteiger partial charge in [-0.1, -0.05) is 17.7 Å². The second kappa shape index (κ2) is 8.55. The number of aromatic nitrogens is 2. The van der Waals surface area contributed by atoms with E-state index in [1.165, 1.54) is 0 Å². The van der Waals surface area contributed by atoms with Crippen LogP contribution in [0.1, 0.15) is 17.7 Å². The van der Waals surface area contributed by atoms with Gasteiger partial charge in [0.15, 0.2) is 5.69 Å². The van der Waals surface area contributed by atoms with Crippen molar-refractivity contribution in [3.63, 3.8) is 0 Å². The predicted octanol–water partition coefficient (Wildman–Crippen LogP) is 4.56. The number of hydrogen-bond acceptors (Lipinski definition) is 5. The summed E-state index contributed by atoms with van der Waals surface area (Å²) >= 11 is 6.06. The molecule has 0 bridgehead atoms. The van der Waals surface area contributed by atoms with Crippen LogP contribution < -0.4 is 10.6 Å². The van der Waals surface area contributed by atoms with Gasteiger partial charge in [-0.05, 0) is 51.7 Å². The van der Waals surface area contributed by atoms with Crippen LogP contribution in [-0.2, 0) is 6.18 Å². The van der Waals surface area contributed by atoms with Crippen LogP contribution in [0, 0.1) is 6.92 Å². The van der Waals surface area contributed by atoms with Crippen LogP contribution in [0.15, 0.2) is 24.3 Å². The monoisotopic (exact) mass is 387 g/mol. The summed E-state index contributed by atoms with van der Waals surface area (Å²) in [7, 11) is 3.85. The third-order valence-electron chi connectivity index (χ3n) is 3.53. The van der Waals surface area contributed by atoms with E-state index in [0.717, 1.165) is 24.6 Å². The molecular weight excluding hydrogens is 367 g/mol. The highest BCUT2D eigenvalue weighted by Gasteiger charge is 2.33. The third kappa shape index (κ3) is 6.03. The first-order valence-electron chi connectivity index (χ1n) is 8.03. The maximum Gasteiger partial charge on any atom is 0.433 e. The van der Waals surface area contributed by atoms with Gasteiger partial charge in [0.1, 0.15) is 5.82 Å². The van der Waals surface area contributed by atoms with Crippen LogP contribution in [0.3, 0.4) is 0 Å². The SMILES string of the molecule is Cc1ccc(Nc2cc(C(F)(F)F)nc(NCCCN(C)C)n2)cc1Cl. The molecule has 0 spiro atoms. The molecule has 2 N–H and O–H groups in total. The quantitative estimate of drug-likeness (QED) is 0.682. The highest BCUT2D eigenvalue weighted by Crippen LogP contribution is 2.31. The van der Waals surface area contributed by atoms with Gasteiger partial charge in [0.05, 0.1) is 0 Å². The van der Waals surface area contributed by atoms with E-state index in [2.05, 4.69) is 20.6 Å². The number of nitrogens with one attached hydrogen (secondary N) is 2. The fourth-order valence-electron chi connectivity index (χ4n) is 2.15. The van der Waals surface area contributed by atoms with Crippen molar-refractivity contribution >= 4 is 29.1 Å². The largest absolute Gasteiger partial charge is 0.433 e. The Morgan fingerprint density at radius 3 is 2.50 bits per heavy atom. The molecule has 0 aliphatic rings. The fraction of sp³-hybridized carbons (Fsp3) is 0.412. The lowest BCUT2D eigenvalue weighted by atomic mass is 10.2. The topological polar surface area (TPSA) is 53.1 Å². The van der Waals surface area contributed by atoms with Crippen molar-refractivity contribution in [1.29, 1.82) is 0 Å². The molecule has 0 unspecified atom stereocenters. The standard InChI is InChI=1S/C17H21ClF3N5/c1-11-5-6-12(9-13(11)18)23-15-10-14(17(19,20)21)24-16(25-15)22-7-4-8-26(2)3/h5-6,9-10H,4,7-8H2,1-3H3,(H2,22,23,24,25). The lowest BCUT2D eigenvalue weighted by Gasteiger charge is -2.14. The lowest BCUT2D eigenvalue weighted by molar-refractivity contribution is -0.141. The van der Waals surface area contributed by atoms with Crippen LogP contribution in [0.25, 0.3) is 0 Å². The van der Waals surface area contributed by atoms with E-state index in [1.54, 1.807) is 18.2 Å². The molecule has 2 aromatic rings. The van der Waals surface area contributed by atoms with Crippen LogP contribution in [0.5, 0.6) is 0 Å². The second-order valence-electron chi connectivity index (χ2n) is 6.13. The molecule has 0 saturated carbocycles. The molecule has 1 aromatic carbocycles. The summed E-state index contributed by atoms with van der Waals surface area (Å²) in [4.78, 5) is 9.68. The summed E-state index contributed by atoms with van der Waals surface area (Å²) in [5, 5.41) is 6.21. The first-order chi connectivity index (χ1) is 12.1. The Labute approximate surface area is 155 Å². The van der Waals surface area contributed by atoms with Gasteiger partial charge in [0, 0.05) is 23.3 Å². The maximum atomic E-state index is 13.1. The van der Waals surface area contributed by atoms with E-state index >= 15 is 0 Å². The van der Waals surface area contributed by atoms with E-state index in [4.69, 9.17) is 11.6 Å². The fourth-order valence-corrected chi connectivity index (χ4v) is 2.33. The van der Waals surface area contributed by atoms with Crippen LogP contribution in [0.2, 0.25) is 5.02 Å². The number of hydrogen-bond donors (Lipinski definition) is 2. The minimum absolute atomic E-state index is 0.0438. The average Bonchev–Trinajstić information content (AvgIpc) is 2.54. The van der Waals surface area contributed by atoms with Gasteiger partial charge in [0.25, 0.3) is 0 Å². The number of rotatable bonds is 7. The highest BCUT2D eigenvalue weighted by atomic mass is 35.5. The second-order valence-corrected chi connectivity index (χ2v) is 6.54. The van der Waals surface area contributed by atoms with Gasteiger partial charge in [-0.25, -0.2) is 4.98 Å². The Kier molecular flexibility index (Phi) is 6.66. The third-order valence-corrected chi connectivity index (χ3v) is 3.93. The van der Waals surface area contributed by atoms with Crippen LogP contribution >= 0.6 is 11.6 Å². The van der Waals surface area contributed by atoms with Gasteiger partial charge in [-0.3, -0.25) is 0 Å². The van der Waals surface area contributed by atoms with E-state index in [-0.39, 0.29) is 11.8 Å². The zero-order valence-electron chi connectivity index (χ0n) is 14.8. The number of anilines is 3. The van der Waals surface area contributed by atoms with Crippen molar-refractivity contribution in [2.75, 3.05) is 37.8 Å². The van der Waals surface area contributed by atoms with Crippen molar-refractivity contribution in [1.82, 2.24) is 14.9 Å². The maximum absolute atomic E-state index is 13.1. The number of benzene rings is 1. The van der Waals surface area contributed by atoms with Gasteiger partial charge < -0.3 is 15.5 Å². The summed E-state index contributed by atoms with van der Waals surface area (Å²) in [5.41, 5.74) is 0.411. The molecule has 5 nitrogen and oxygen atoms in total. The minimum atomic E-state index is -4.57. The summed E-state index contributed by atoms with van der Waals surface area (Å²) in [6.45, 7) is 3.11. The summed E-state index contributed by atoms with van der Waals surface area (Å²) in [6, 6.07) is 6.01. The Hall–Kier alpha value is -2.06. The van der Waals surface area contributed by atoms with E-state index < -0.39 is 11.9 Å². The summed E-state index contributed by atoms with van der Waals surface area (Å²) in [5.74, 6) is -0.0263. The smallest absolute Gasteiger partial charge is 0.354 e. The Bertz CT molecular complexity index is 750. The molecule has 0 aliphatic heterocycles. The number of nitrogens with zero attached hydrogens (tertiary/aromatic N) is 3. The normalized spacial score (nSPS) is 11.7. The molecule has 2 rings (SSSR count). The van der Waals surface area contributed by atoms with E-state index in [9.17, 15) is 13.2 Å². The zero-order valence-corrected chi connectivity index (χ0v) is 15.5. The summed E-state index contributed by atoms with van der Waals surface area (Å²) < 4.78 is 39.4. The highest BCUT2D eigenvalue weighted by molar-refractivity contribution is 6.31. The molecule has 0 atom stereocenters. The van der Waals surface area contributed by atoms with Crippen molar-refractivity contribution in [2.45, 2.75) is 19.5 Å². The molecule has 0 fully saturated rings. The zero-order chi connectivity index (χ0) is 19.3. The van der Waals surface area contributed by atoms with Crippen molar-refractivity contribution in [2.24, 2.45) is 0 Å². The average molecular weight is 388 g/mol. The van der Waals surface area contributed by atoms with Crippen LogP contribution in [-0.4, -0.2) is 42.1 Å². The molecule has 9 heteroatoms. The molecule has 0 saturated heterocycles. The van der Waals surface area contributed by atoms with Gasteiger partial charge >= 0.3 is 6.18 Å². The molecule has 0 amide bonds. The first kappa shape index (κ1) is 20.3. The minimum Gasteiger partial charge on any atom is -0.354 e. The van der Waals surface area contributed by atoms with E-state index in [0.29, 0.717) is 17.3 Å². The van der Waals surface area contributed by atoms with E-state index in [1.807, 2.05) is 25.9 Å². The number of aryl methyl sites for hydroxylation is 1. The van der Waals surface area contributed by atoms with Crippen molar-refractivity contribution < 1.29 is 13.2 Å². The Morgan fingerprint density at radius 2 is 1.88 bits per heavy atom. The van der Waals surface area contributed by atoms with Gasteiger partial charge in [0.2, 0.25) is 5.95 Å². The Morgan fingerprint density at radius 1 is 1.15 bits per heavy atom. The predicted molar refractivity (Wildman–Crippen MR) is 98.2 cm³/mol. The molecule has 0 aliphatic carbocycles. The van der Waals surface area contributed by atoms with Crippen molar-refractivity contribution in [3.8, 4) is 0 Å². The summed E-state index contributed by atoms with van der Waals surface area (Å²) in [6.07, 6.45) is -3.81. The van der Waals surface area contributed by atoms with Crippen molar-refractivity contribution in [3.05, 3.63) is 40.5 Å². The van der Waals surface area contributed by atoms with Crippen LogP contribution in [0.4, 0.5) is 30.6 Å². The molecule has 142 valence electrons. The number of alkyl halides is 3. The number of halogens is 4. The first-order valence-corrected chi connectivity index (χ1v) is 8.41. The Balaban J connectivity index is 2.20. The van der Waals surface area contributed by atoms with Gasteiger partial charge in [-0.15, -0.1) is 0 Å². The molecular formula is C17H21ClF3N5. The lowest BCUT2D eigenvalue weighted by Crippen LogP contribution is -2.18. The van der Waals surface area contributed by atoms with Gasteiger partial charge in [-0.2, -0.15) is 18.2 Å². The molecule has 1 aromatic heterocycles.